The number of hydrazine groups is 1. The average Bonchev–Trinajstić information content (AvgIpc) is 2.96. The SMILES string of the molecule is CC1CC(NC(=NCC(C)(C)C)NC(=O)C2CCC(C(F)(F)F)CC2)NN1. The van der Waals surface area contributed by atoms with Crippen molar-refractivity contribution in [1.29, 1.82) is 0 Å². The summed E-state index contributed by atoms with van der Waals surface area (Å²) in [6, 6.07) is 0.291. The van der Waals surface area contributed by atoms with Crippen molar-refractivity contribution in [3.63, 3.8) is 0 Å². The number of carbonyl (C=O) groups is 1. The van der Waals surface area contributed by atoms with Gasteiger partial charge in [0.15, 0.2) is 5.96 Å². The zero-order valence-electron chi connectivity index (χ0n) is 16.5. The number of guanidine groups is 1. The van der Waals surface area contributed by atoms with E-state index in [1.54, 1.807) is 0 Å². The summed E-state index contributed by atoms with van der Waals surface area (Å²) in [5.41, 5.74) is 6.14. The number of aliphatic imine (C=N–C) groups is 1. The molecule has 1 amide bonds. The van der Waals surface area contributed by atoms with Crippen LogP contribution in [-0.4, -0.2) is 36.8 Å². The summed E-state index contributed by atoms with van der Waals surface area (Å²) in [5, 5.41) is 5.99. The van der Waals surface area contributed by atoms with Crippen molar-refractivity contribution in [2.45, 2.75) is 78.2 Å². The van der Waals surface area contributed by atoms with Crippen LogP contribution in [0.15, 0.2) is 4.99 Å². The molecular formula is C18H32F3N5O. The fourth-order valence-electron chi connectivity index (χ4n) is 3.31. The minimum atomic E-state index is -4.17. The fourth-order valence-corrected chi connectivity index (χ4v) is 3.31. The zero-order chi connectivity index (χ0) is 20.2. The molecule has 0 spiro atoms. The lowest BCUT2D eigenvalue weighted by molar-refractivity contribution is -0.184. The molecular weight excluding hydrogens is 359 g/mol. The highest BCUT2D eigenvalue weighted by Crippen LogP contribution is 2.39. The normalized spacial score (nSPS) is 30.3. The second kappa shape index (κ2) is 8.77. The van der Waals surface area contributed by atoms with E-state index in [9.17, 15) is 18.0 Å². The number of alkyl halides is 3. The molecule has 1 saturated carbocycles. The Bertz CT molecular complexity index is 536. The van der Waals surface area contributed by atoms with Crippen LogP contribution in [0.25, 0.3) is 0 Å². The maximum absolute atomic E-state index is 12.8. The van der Waals surface area contributed by atoms with Crippen molar-refractivity contribution < 1.29 is 18.0 Å². The number of hydrogen-bond donors (Lipinski definition) is 4. The largest absolute Gasteiger partial charge is 0.391 e. The van der Waals surface area contributed by atoms with Gasteiger partial charge in [-0.25, -0.2) is 5.43 Å². The number of halogens is 3. The van der Waals surface area contributed by atoms with Crippen molar-refractivity contribution in [3.05, 3.63) is 0 Å². The highest BCUT2D eigenvalue weighted by atomic mass is 19.4. The molecule has 1 heterocycles. The Morgan fingerprint density at radius 1 is 1.11 bits per heavy atom. The summed E-state index contributed by atoms with van der Waals surface area (Å²) in [6.45, 7) is 8.70. The van der Waals surface area contributed by atoms with Crippen molar-refractivity contribution in [2.24, 2.45) is 22.2 Å². The minimum absolute atomic E-state index is 0.00903. The molecule has 6 nitrogen and oxygen atoms in total. The van der Waals surface area contributed by atoms with Crippen LogP contribution in [-0.2, 0) is 4.79 Å². The Kier molecular flexibility index (Phi) is 7.13. The van der Waals surface area contributed by atoms with Crippen molar-refractivity contribution >= 4 is 11.9 Å². The van der Waals surface area contributed by atoms with Crippen LogP contribution >= 0.6 is 0 Å². The van der Waals surface area contributed by atoms with Gasteiger partial charge in [0.25, 0.3) is 0 Å². The first-order valence-electron chi connectivity index (χ1n) is 9.63. The number of nitrogens with zero attached hydrogens (tertiary/aromatic N) is 1. The fraction of sp³-hybridized carbons (Fsp3) is 0.889. The quantitative estimate of drug-likeness (QED) is 0.441. The van der Waals surface area contributed by atoms with Gasteiger partial charge in [-0.05, 0) is 44.4 Å². The molecule has 1 aliphatic carbocycles. The summed E-state index contributed by atoms with van der Waals surface area (Å²) in [6.07, 6.45) is -2.89. The van der Waals surface area contributed by atoms with E-state index >= 15 is 0 Å². The molecule has 0 aromatic rings. The molecule has 2 rings (SSSR count). The van der Waals surface area contributed by atoms with Gasteiger partial charge in [0.05, 0.1) is 12.1 Å². The highest BCUT2D eigenvalue weighted by Gasteiger charge is 2.42. The Labute approximate surface area is 159 Å². The van der Waals surface area contributed by atoms with Crippen molar-refractivity contribution in [2.75, 3.05) is 6.54 Å². The van der Waals surface area contributed by atoms with Gasteiger partial charge < -0.3 is 5.32 Å². The Morgan fingerprint density at radius 3 is 2.22 bits per heavy atom. The predicted molar refractivity (Wildman–Crippen MR) is 98.7 cm³/mol. The first-order valence-corrected chi connectivity index (χ1v) is 9.63. The highest BCUT2D eigenvalue weighted by molar-refractivity contribution is 5.98. The van der Waals surface area contributed by atoms with Crippen molar-refractivity contribution in [1.82, 2.24) is 21.5 Å². The van der Waals surface area contributed by atoms with Crippen LogP contribution in [0.2, 0.25) is 0 Å². The van der Waals surface area contributed by atoms with E-state index in [0.29, 0.717) is 18.5 Å². The molecule has 0 radical (unpaired) electrons. The van der Waals surface area contributed by atoms with E-state index in [1.165, 1.54) is 0 Å². The average molecular weight is 391 g/mol. The molecule has 1 saturated heterocycles. The molecule has 2 atom stereocenters. The molecule has 2 aliphatic rings. The maximum atomic E-state index is 12.8. The van der Waals surface area contributed by atoms with E-state index in [1.807, 2.05) is 27.7 Å². The Balaban J connectivity index is 1.94. The first kappa shape index (κ1) is 21.9. The molecule has 2 unspecified atom stereocenters. The maximum Gasteiger partial charge on any atom is 0.391 e. The molecule has 9 heteroatoms. The number of amides is 1. The molecule has 27 heavy (non-hydrogen) atoms. The van der Waals surface area contributed by atoms with Gasteiger partial charge in [0.1, 0.15) is 0 Å². The minimum Gasteiger partial charge on any atom is -0.339 e. The standard InChI is InChI=1S/C18H32F3N5O/c1-11-9-14(26-25-11)23-16(22-10-17(2,3)4)24-15(27)12-5-7-13(8-6-12)18(19,20)21/h11-14,25-26H,5-10H2,1-4H3,(H2,22,23,24,27). The van der Waals surface area contributed by atoms with E-state index in [4.69, 9.17) is 0 Å². The second-order valence-corrected chi connectivity index (χ2v) is 8.93. The Morgan fingerprint density at radius 2 is 1.74 bits per heavy atom. The molecule has 0 bridgehead atoms. The van der Waals surface area contributed by atoms with Gasteiger partial charge >= 0.3 is 6.18 Å². The van der Waals surface area contributed by atoms with Gasteiger partial charge in [-0.3, -0.25) is 20.5 Å². The predicted octanol–water partition coefficient (Wildman–Crippen LogP) is 2.68. The van der Waals surface area contributed by atoms with E-state index in [0.717, 1.165) is 6.42 Å². The number of nitrogens with one attached hydrogen (secondary N) is 4. The summed E-state index contributed by atoms with van der Waals surface area (Å²) >= 11 is 0. The first-order chi connectivity index (χ1) is 12.4. The van der Waals surface area contributed by atoms with Crippen LogP contribution in [0.1, 0.15) is 59.8 Å². The zero-order valence-corrected chi connectivity index (χ0v) is 16.5. The third kappa shape index (κ3) is 7.29. The van der Waals surface area contributed by atoms with Gasteiger partial charge in [0, 0.05) is 18.5 Å². The van der Waals surface area contributed by atoms with Crippen LogP contribution in [0.5, 0.6) is 0 Å². The van der Waals surface area contributed by atoms with Crippen LogP contribution in [0.3, 0.4) is 0 Å². The molecule has 2 fully saturated rings. The number of carbonyl (C=O) groups excluding carboxylic acids is 1. The summed E-state index contributed by atoms with van der Waals surface area (Å²) < 4.78 is 38.4. The van der Waals surface area contributed by atoms with E-state index in [-0.39, 0.29) is 43.2 Å². The van der Waals surface area contributed by atoms with E-state index < -0.39 is 18.0 Å². The van der Waals surface area contributed by atoms with Gasteiger partial charge in [-0.15, -0.1) is 0 Å². The van der Waals surface area contributed by atoms with Crippen LogP contribution < -0.4 is 21.5 Å². The monoisotopic (exact) mass is 391 g/mol. The smallest absolute Gasteiger partial charge is 0.339 e. The number of rotatable bonds is 3. The molecule has 0 aromatic heterocycles. The number of hydrogen-bond acceptors (Lipinski definition) is 4. The molecule has 0 aromatic carbocycles. The lowest BCUT2D eigenvalue weighted by Crippen LogP contribution is -2.52. The van der Waals surface area contributed by atoms with Crippen LogP contribution in [0.4, 0.5) is 13.2 Å². The Hall–Kier alpha value is -1.35. The van der Waals surface area contributed by atoms with Gasteiger partial charge in [0.2, 0.25) is 5.91 Å². The lowest BCUT2D eigenvalue weighted by atomic mass is 9.81. The van der Waals surface area contributed by atoms with Gasteiger partial charge in [-0.1, -0.05) is 20.8 Å². The third-order valence-electron chi connectivity index (χ3n) is 4.92. The van der Waals surface area contributed by atoms with Gasteiger partial charge in [-0.2, -0.15) is 13.2 Å². The van der Waals surface area contributed by atoms with E-state index in [2.05, 4.69) is 26.5 Å². The topological polar surface area (TPSA) is 77.5 Å². The third-order valence-corrected chi connectivity index (χ3v) is 4.92. The summed E-state index contributed by atoms with van der Waals surface area (Å²) in [5.74, 6) is -1.57. The summed E-state index contributed by atoms with van der Waals surface area (Å²) in [7, 11) is 0. The summed E-state index contributed by atoms with van der Waals surface area (Å²) in [4.78, 5) is 17.1. The molecule has 156 valence electrons. The lowest BCUT2D eigenvalue weighted by Gasteiger charge is -2.29. The molecule has 1 aliphatic heterocycles. The molecule has 4 N–H and O–H groups in total. The van der Waals surface area contributed by atoms with Crippen molar-refractivity contribution in [3.8, 4) is 0 Å². The second-order valence-electron chi connectivity index (χ2n) is 8.93. The van der Waals surface area contributed by atoms with Crippen LogP contribution in [0, 0.1) is 17.3 Å².